The largest absolute Gasteiger partial charge is 0.444 e. The summed E-state index contributed by atoms with van der Waals surface area (Å²) in [5, 5.41) is 0. The maximum atomic E-state index is 12.5. The number of rotatable bonds is 2. The van der Waals surface area contributed by atoms with Gasteiger partial charge in [-0.2, -0.15) is 0 Å². The quantitative estimate of drug-likeness (QED) is 0.726. The molecule has 0 unspecified atom stereocenters. The highest BCUT2D eigenvalue weighted by Crippen LogP contribution is 2.26. The molecule has 2 amide bonds. The Morgan fingerprint density at radius 2 is 1.74 bits per heavy atom. The van der Waals surface area contributed by atoms with Crippen LogP contribution in [0.2, 0.25) is 0 Å². The number of ether oxygens (including phenoxy) is 1. The molecule has 0 aliphatic carbocycles. The molecule has 0 aromatic heterocycles. The van der Waals surface area contributed by atoms with E-state index in [2.05, 4.69) is 16.1 Å². The van der Waals surface area contributed by atoms with Crippen LogP contribution in [0.3, 0.4) is 0 Å². The SMILES string of the molecule is CC(C)(C)OC(=O)N1CCC(C(=O)N(Br)c2ccccc2)CC1. The van der Waals surface area contributed by atoms with Crippen molar-refractivity contribution >= 4 is 33.8 Å². The molecule has 1 saturated heterocycles. The minimum Gasteiger partial charge on any atom is -0.444 e. The average Bonchev–Trinajstić information content (AvgIpc) is 2.53. The lowest BCUT2D eigenvalue weighted by Gasteiger charge is -2.33. The molecule has 2 rings (SSSR count). The van der Waals surface area contributed by atoms with E-state index in [1.54, 1.807) is 4.90 Å². The highest BCUT2D eigenvalue weighted by atomic mass is 79.9. The summed E-state index contributed by atoms with van der Waals surface area (Å²) in [5.41, 5.74) is 0.316. The molecule has 0 radical (unpaired) electrons. The zero-order chi connectivity index (χ0) is 17.0. The normalized spacial score (nSPS) is 16.1. The number of carbonyl (C=O) groups is 2. The average molecular weight is 383 g/mol. The van der Waals surface area contributed by atoms with Crippen LogP contribution in [0.25, 0.3) is 0 Å². The molecule has 1 aromatic rings. The van der Waals surface area contributed by atoms with Crippen LogP contribution in [0.5, 0.6) is 0 Å². The summed E-state index contributed by atoms with van der Waals surface area (Å²) in [6.45, 7) is 6.64. The Kier molecular flexibility index (Phi) is 5.68. The molecule has 0 atom stereocenters. The van der Waals surface area contributed by atoms with Crippen LogP contribution in [0.1, 0.15) is 33.6 Å². The summed E-state index contributed by atoms with van der Waals surface area (Å²) in [6, 6.07) is 9.45. The molecular formula is C17H23BrN2O3. The molecular weight excluding hydrogens is 360 g/mol. The minimum atomic E-state index is -0.496. The second-order valence-electron chi connectivity index (χ2n) is 6.70. The second kappa shape index (κ2) is 7.34. The predicted octanol–water partition coefficient (Wildman–Crippen LogP) is 3.98. The summed E-state index contributed by atoms with van der Waals surface area (Å²) < 4.78 is 6.89. The van der Waals surface area contributed by atoms with Gasteiger partial charge in [0.1, 0.15) is 5.60 Å². The van der Waals surface area contributed by atoms with Crippen LogP contribution in [0, 0.1) is 5.92 Å². The molecule has 1 heterocycles. The van der Waals surface area contributed by atoms with Gasteiger partial charge >= 0.3 is 6.09 Å². The Balaban J connectivity index is 1.89. The number of hydrogen-bond donors (Lipinski definition) is 0. The van der Waals surface area contributed by atoms with Gasteiger partial charge < -0.3 is 9.64 Å². The van der Waals surface area contributed by atoms with E-state index in [0.29, 0.717) is 25.9 Å². The monoisotopic (exact) mass is 382 g/mol. The van der Waals surface area contributed by atoms with Crippen molar-refractivity contribution in [2.45, 2.75) is 39.2 Å². The Labute approximate surface area is 145 Å². The lowest BCUT2D eigenvalue weighted by atomic mass is 9.96. The van der Waals surface area contributed by atoms with E-state index in [1.807, 2.05) is 51.1 Å². The van der Waals surface area contributed by atoms with Gasteiger partial charge in [-0.25, -0.2) is 8.72 Å². The number of anilines is 1. The molecule has 5 nitrogen and oxygen atoms in total. The lowest BCUT2D eigenvalue weighted by Crippen LogP contribution is -2.44. The number of piperidine rings is 1. The number of benzene rings is 1. The fourth-order valence-electron chi connectivity index (χ4n) is 2.48. The van der Waals surface area contributed by atoms with Crippen LogP contribution in [0.4, 0.5) is 10.5 Å². The molecule has 1 fully saturated rings. The first kappa shape index (κ1) is 17.8. The highest BCUT2D eigenvalue weighted by Gasteiger charge is 2.32. The van der Waals surface area contributed by atoms with E-state index in [4.69, 9.17) is 4.74 Å². The van der Waals surface area contributed by atoms with Crippen molar-refractivity contribution in [3.63, 3.8) is 0 Å². The van der Waals surface area contributed by atoms with E-state index >= 15 is 0 Å². The Bertz CT molecular complexity index is 549. The van der Waals surface area contributed by atoms with Crippen molar-refractivity contribution < 1.29 is 14.3 Å². The van der Waals surface area contributed by atoms with Crippen LogP contribution in [-0.2, 0) is 9.53 Å². The molecule has 6 heteroatoms. The molecule has 0 N–H and O–H groups in total. The first-order valence-electron chi connectivity index (χ1n) is 7.80. The van der Waals surface area contributed by atoms with E-state index in [9.17, 15) is 9.59 Å². The summed E-state index contributed by atoms with van der Waals surface area (Å²) in [5.74, 6) is -0.0618. The van der Waals surface area contributed by atoms with E-state index in [0.717, 1.165) is 5.69 Å². The van der Waals surface area contributed by atoms with Crippen molar-refractivity contribution in [2.24, 2.45) is 5.92 Å². The minimum absolute atomic E-state index is 0.0278. The van der Waals surface area contributed by atoms with Gasteiger partial charge in [0.05, 0.1) is 21.8 Å². The first-order valence-corrected chi connectivity index (χ1v) is 8.51. The standard InChI is InChI=1S/C17H23BrN2O3/c1-17(2,3)23-16(22)19-11-9-13(10-12-19)15(21)20(18)14-7-5-4-6-8-14/h4-8,13H,9-12H2,1-3H3. The Morgan fingerprint density at radius 1 is 1.17 bits per heavy atom. The van der Waals surface area contributed by atoms with Crippen molar-refractivity contribution in [3.05, 3.63) is 30.3 Å². The zero-order valence-corrected chi connectivity index (χ0v) is 15.4. The molecule has 23 heavy (non-hydrogen) atoms. The van der Waals surface area contributed by atoms with E-state index in [-0.39, 0.29) is 17.9 Å². The van der Waals surface area contributed by atoms with Crippen LogP contribution in [0.15, 0.2) is 30.3 Å². The maximum Gasteiger partial charge on any atom is 0.410 e. The van der Waals surface area contributed by atoms with Crippen LogP contribution >= 0.6 is 16.1 Å². The maximum absolute atomic E-state index is 12.5. The molecule has 0 spiro atoms. The van der Waals surface area contributed by atoms with Gasteiger partial charge in [-0.1, -0.05) is 18.2 Å². The molecule has 0 bridgehead atoms. The lowest BCUT2D eigenvalue weighted by molar-refractivity contribution is -0.122. The summed E-state index contributed by atoms with van der Waals surface area (Å²) in [6.07, 6.45) is 0.988. The molecule has 1 aliphatic rings. The van der Waals surface area contributed by atoms with E-state index in [1.165, 1.54) is 3.93 Å². The van der Waals surface area contributed by atoms with Gasteiger partial charge in [-0.15, -0.1) is 0 Å². The van der Waals surface area contributed by atoms with Gasteiger partial charge in [0.15, 0.2) is 0 Å². The molecule has 1 aliphatic heterocycles. The second-order valence-corrected chi connectivity index (χ2v) is 7.41. The van der Waals surface area contributed by atoms with Crippen LogP contribution < -0.4 is 3.93 Å². The third-order valence-corrected chi connectivity index (χ3v) is 4.43. The number of amides is 2. The van der Waals surface area contributed by atoms with Crippen molar-refractivity contribution in [1.29, 1.82) is 0 Å². The smallest absolute Gasteiger partial charge is 0.410 e. The third kappa shape index (κ3) is 4.96. The zero-order valence-electron chi connectivity index (χ0n) is 13.8. The number of carbonyl (C=O) groups excluding carboxylic acids is 2. The number of nitrogens with zero attached hydrogens (tertiary/aromatic N) is 2. The fraction of sp³-hybridized carbons (Fsp3) is 0.529. The number of halogens is 1. The van der Waals surface area contributed by atoms with Crippen LogP contribution in [-0.4, -0.2) is 35.6 Å². The van der Waals surface area contributed by atoms with Gasteiger partial charge in [0, 0.05) is 19.0 Å². The van der Waals surface area contributed by atoms with Gasteiger partial charge in [-0.3, -0.25) is 4.79 Å². The fourth-order valence-corrected chi connectivity index (χ4v) is 3.01. The summed E-state index contributed by atoms with van der Waals surface area (Å²) >= 11 is 3.35. The van der Waals surface area contributed by atoms with Crippen molar-refractivity contribution in [1.82, 2.24) is 4.90 Å². The van der Waals surface area contributed by atoms with Crippen molar-refractivity contribution in [3.8, 4) is 0 Å². The summed E-state index contributed by atoms with van der Waals surface area (Å²) in [4.78, 5) is 26.3. The predicted molar refractivity (Wildman–Crippen MR) is 93.4 cm³/mol. The van der Waals surface area contributed by atoms with Crippen molar-refractivity contribution in [2.75, 3.05) is 17.0 Å². The molecule has 1 aromatic carbocycles. The van der Waals surface area contributed by atoms with Gasteiger partial charge in [-0.05, 0) is 45.7 Å². The number of para-hydroxylation sites is 1. The first-order chi connectivity index (χ1) is 10.8. The van der Waals surface area contributed by atoms with Gasteiger partial charge in [0.2, 0.25) is 5.91 Å². The molecule has 126 valence electrons. The third-order valence-electron chi connectivity index (χ3n) is 3.67. The topological polar surface area (TPSA) is 49.9 Å². The summed E-state index contributed by atoms with van der Waals surface area (Å²) in [7, 11) is 0. The number of likely N-dealkylation sites (tertiary alicyclic amines) is 1. The Hall–Kier alpha value is -1.56. The van der Waals surface area contributed by atoms with Gasteiger partial charge in [0.25, 0.3) is 0 Å². The van der Waals surface area contributed by atoms with E-state index < -0.39 is 5.60 Å². The highest BCUT2D eigenvalue weighted by molar-refractivity contribution is 9.10. The Morgan fingerprint density at radius 3 is 2.26 bits per heavy atom. The molecule has 0 saturated carbocycles. The number of hydrogen-bond acceptors (Lipinski definition) is 3.